The Labute approximate surface area is 195 Å². The Kier molecular flexibility index (Phi) is 6.49. The molecule has 1 aliphatic rings. The van der Waals surface area contributed by atoms with Gasteiger partial charge < -0.3 is 14.8 Å². The molecule has 0 saturated carbocycles. The fourth-order valence-electron chi connectivity index (χ4n) is 3.94. The van der Waals surface area contributed by atoms with E-state index in [0.717, 1.165) is 5.56 Å². The number of likely N-dealkylation sites (N-methyl/N-ethyl adjacent to an activating group) is 1. The van der Waals surface area contributed by atoms with Gasteiger partial charge in [0.1, 0.15) is 5.82 Å². The second-order valence-electron chi connectivity index (χ2n) is 8.30. The van der Waals surface area contributed by atoms with Crippen molar-refractivity contribution in [2.24, 2.45) is 0 Å². The zero-order valence-electron chi connectivity index (χ0n) is 18.4. The highest BCUT2D eigenvalue weighted by molar-refractivity contribution is 6.45. The molecule has 0 atom stereocenters. The summed E-state index contributed by atoms with van der Waals surface area (Å²) in [6.45, 7) is 3.07. The number of hydrogen-bond donors (Lipinski definition) is 1. The van der Waals surface area contributed by atoms with Crippen LogP contribution in [0.15, 0.2) is 42.6 Å². The molecule has 0 spiro atoms. The molecular weight excluding hydrogens is 447 g/mol. The summed E-state index contributed by atoms with van der Waals surface area (Å²) >= 11 is 6.40. The molecule has 1 fully saturated rings. The van der Waals surface area contributed by atoms with Crippen molar-refractivity contribution in [1.29, 1.82) is 0 Å². The zero-order chi connectivity index (χ0) is 23.7. The fourth-order valence-corrected chi connectivity index (χ4v) is 4.19. The number of piperazine rings is 1. The highest BCUT2D eigenvalue weighted by Gasteiger charge is 2.26. The van der Waals surface area contributed by atoms with Crippen LogP contribution in [-0.4, -0.2) is 77.6 Å². The van der Waals surface area contributed by atoms with E-state index in [1.54, 1.807) is 29.2 Å². The summed E-state index contributed by atoms with van der Waals surface area (Å²) in [5, 5.41) is 0.763. The number of rotatable bonds is 5. The van der Waals surface area contributed by atoms with E-state index in [4.69, 9.17) is 11.6 Å². The summed E-state index contributed by atoms with van der Waals surface area (Å²) in [6.07, 6.45) is 1.47. The first-order valence-electron chi connectivity index (χ1n) is 10.6. The highest BCUT2D eigenvalue weighted by Crippen LogP contribution is 2.28. The molecule has 0 aliphatic carbocycles. The van der Waals surface area contributed by atoms with Gasteiger partial charge in [-0.15, -0.1) is 0 Å². The van der Waals surface area contributed by atoms with Crippen molar-refractivity contribution >= 4 is 40.1 Å². The Bertz CT molecular complexity index is 1210. The van der Waals surface area contributed by atoms with Crippen LogP contribution in [0.2, 0.25) is 5.02 Å². The van der Waals surface area contributed by atoms with Gasteiger partial charge in [-0.1, -0.05) is 23.7 Å². The van der Waals surface area contributed by atoms with Crippen LogP contribution in [0.1, 0.15) is 26.3 Å². The second-order valence-corrected chi connectivity index (χ2v) is 8.71. The molecule has 172 valence electrons. The minimum atomic E-state index is -0.652. The molecule has 1 aromatic heterocycles. The molecule has 4 rings (SSSR count). The van der Waals surface area contributed by atoms with E-state index in [0.29, 0.717) is 49.2 Å². The van der Waals surface area contributed by atoms with E-state index >= 15 is 0 Å². The molecule has 9 heteroatoms. The molecule has 3 aromatic rings. The molecule has 2 aromatic carbocycles. The monoisotopic (exact) mass is 470 g/mol. The number of carbonyl (C=O) groups excluding carboxylic acids is 3. The number of nitrogens with zero attached hydrogens (tertiary/aromatic N) is 3. The summed E-state index contributed by atoms with van der Waals surface area (Å²) in [6, 6.07) is 9.60. The smallest absolute Gasteiger partial charge is 0.294 e. The molecule has 0 radical (unpaired) electrons. The standard InChI is InChI=1S/C24H24ClFN4O3/c1-28(2)24(33)22(31)19-13-27-21-12-20(25)18(11-17(19)21)23(32)30-9-7-29(8-10-30)14-15-3-5-16(26)6-4-15/h3-6,11-13,27H,7-10,14H2,1-2H3. The third-order valence-electron chi connectivity index (χ3n) is 5.82. The van der Waals surface area contributed by atoms with Crippen LogP contribution in [-0.2, 0) is 11.3 Å². The van der Waals surface area contributed by atoms with E-state index in [1.165, 1.54) is 37.3 Å². The number of aromatic nitrogens is 1. The SMILES string of the molecule is CN(C)C(=O)C(=O)c1c[nH]c2cc(Cl)c(C(=O)N3CCN(Cc4ccc(F)cc4)CC3)cc12. The first kappa shape index (κ1) is 22.9. The van der Waals surface area contributed by atoms with Crippen LogP contribution in [0.5, 0.6) is 0 Å². The maximum Gasteiger partial charge on any atom is 0.294 e. The van der Waals surface area contributed by atoms with E-state index in [9.17, 15) is 18.8 Å². The van der Waals surface area contributed by atoms with Crippen LogP contribution in [0.4, 0.5) is 4.39 Å². The average Bonchev–Trinajstić information content (AvgIpc) is 3.21. The lowest BCUT2D eigenvalue weighted by atomic mass is 10.0. The first-order valence-corrected chi connectivity index (χ1v) is 10.9. The molecule has 0 bridgehead atoms. The number of carbonyl (C=O) groups is 3. The van der Waals surface area contributed by atoms with Crippen molar-refractivity contribution in [3.8, 4) is 0 Å². The predicted molar refractivity (Wildman–Crippen MR) is 124 cm³/mol. The van der Waals surface area contributed by atoms with Gasteiger partial charge in [-0.3, -0.25) is 19.3 Å². The summed E-state index contributed by atoms with van der Waals surface area (Å²) in [5.74, 6) is -1.78. The van der Waals surface area contributed by atoms with Crippen molar-refractivity contribution in [3.05, 3.63) is 70.1 Å². The van der Waals surface area contributed by atoms with Crippen molar-refractivity contribution in [3.63, 3.8) is 0 Å². The maximum absolute atomic E-state index is 13.2. The van der Waals surface area contributed by atoms with Gasteiger partial charge >= 0.3 is 0 Å². The Morgan fingerprint density at radius 2 is 1.70 bits per heavy atom. The average molecular weight is 471 g/mol. The topological polar surface area (TPSA) is 76.7 Å². The molecule has 7 nitrogen and oxygen atoms in total. The quantitative estimate of drug-likeness (QED) is 0.459. The summed E-state index contributed by atoms with van der Waals surface area (Å²) < 4.78 is 13.1. The minimum absolute atomic E-state index is 0.207. The molecule has 2 amide bonds. The molecular formula is C24H24ClFN4O3. The van der Waals surface area contributed by atoms with Gasteiger partial charge in [0.25, 0.3) is 17.6 Å². The molecule has 2 heterocycles. The Morgan fingerprint density at radius 3 is 2.33 bits per heavy atom. The van der Waals surface area contributed by atoms with Crippen molar-refractivity contribution < 1.29 is 18.8 Å². The number of halogens is 2. The number of nitrogens with one attached hydrogen (secondary N) is 1. The molecule has 1 saturated heterocycles. The van der Waals surface area contributed by atoms with Crippen LogP contribution in [0.25, 0.3) is 10.9 Å². The predicted octanol–water partition coefficient (Wildman–Crippen LogP) is 3.19. The molecule has 0 unspecified atom stereocenters. The highest BCUT2D eigenvalue weighted by atomic mass is 35.5. The van der Waals surface area contributed by atoms with Crippen LogP contribution in [0.3, 0.4) is 0 Å². The van der Waals surface area contributed by atoms with Crippen LogP contribution >= 0.6 is 11.6 Å². The lowest BCUT2D eigenvalue weighted by Crippen LogP contribution is -2.48. The second kappa shape index (κ2) is 9.33. The molecule has 33 heavy (non-hydrogen) atoms. The van der Waals surface area contributed by atoms with Crippen LogP contribution < -0.4 is 0 Å². The number of ketones is 1. The third-order valence-corrected chi connectivity index (χ3v) is 6.14. The Morgan fingerprint density at radius 1 is 1.03 bits per heavy atom. The van der Waals surface area contributed by atoms with E-state index in [-0.39, 0.29) is 22.3 Å². The molecule has 1 aliphatic heterocycles. The molecule has 1 N–H and O–H groups in total. The summed E-state index contributed by atoms with van der Waals surface area (Å²) in [7, 11) is 3.02. The van der Waals surface area contributed by atoms with Gasteiger partial charge in [-0.25, -0.2) is 4.39 Å². The Hall–Kier alpha value is -3.23. The lowest BCUT2D eigenvalue weighted by Gasteiger charge is -2.35. The first-order chi connectivity index (χ1) is 15.7. The number of hydrogen-bond acceptors (Lipinski definition) is 4. The van der Waals surface area contributed by atoms with Gasteiger partial charge in [0.2, 0.25) is 0 Å². The van der Waals surface area contributed by atoms with Crippen molar-refractivity contribution in [2.75, 3.05) is 40.3 Å². The van der Waals surface area contributed by atoms with Crippen molar-refractivity contribution in [2.45, 2.75) is 6.54 Å². The van der Waals surface area contributed by atoms with Gasteiger partial charge in [0.05, 0.1) is 16.1 Å². The summed E-state index contributed by atoms with van der Waals surface area (Å²) in [5.41, 5.74) is 2.10. The van der Waals surface area contributed by atoms with Gasteiger partial charge in [-0.05, 0) is 29.8 Å². The zero-order valence-corrected chi connectivity index (χ0v) is 19.2. The van der Waals surface area contributed by atoms with E-state index in [2.05, 4.69) is 9.88 Å². The van der Waals surface area contributed by atoms with Gasteiger partial charge in [0, 0.05) is 63.9 Å². The minimum Gasteiger partial charge on any atom is -0.360 e. The number of H-pyrrole nitrogens is 1. The normalized spacial score (nSPS) is 14.5. The van der Waals surface area contributed by atoms with Crippen molar-refractivity contribution in [1.82, 2.24) is 19.7 Å². The van der Waals surface area contributed by atoms with E-state index < -0.39 is 11.7 Å². The third kappa shape index (κ3) is 4.77. The van der Waals surface area contributed by atoms with E-state index in [1.807, 2.05) is 0 Å². The van der Waals surface area contributed by atoms with Gasteiger partial charge in [0.15, 0.2) is 0 Å². The maximum atomic E-state index is 13.2. The number of fused-ring (bicyclic) bond motifs is 1. The lowest BCUT2D eigenvalue weighted by molar-refractivity contribution is -0.124. The fraction of sp³-hybridized carbons (Fsp3) is 0.292. The number of benzene rings is 2. The van der Waals surface area contributed by atoms with Crippen LogP contribution in [0, 0.1) is 5.82 Å². The Balaban J connectivity index is 1.49. The number of aromatic amines is 1. The number of amides is 2. The summed E-state index contributed by atoms with van der Waals surface area (Å²) in [4.78, 5) is 46.0. The largest absolute Gasteiger partial charge is 0.360 e. The number of Topliss-reactive ketones (excluding diaryl/α,β-unsaturated/α-hetero) is 1. The van der Waals surface area contributed by atoms with Gasteiger partial charge in [-0.2, -0.15) is 0 Å².